The normalized spacial score (nSPS) is 27.3. The fourth-order valence-electron chi connectivity index (χ4n) is 2.89. The highest BCUT2D eigenvalue weighted by molar-refractivity contribution is 5.83. The zero-order valence-corrected chi connectivity index (χ0v) is 11.4. The zero-order valence-electron chi connectivity index (χ0n) is 11.4. The van der Waals surface area contributed by atoms with Crippen molar-refractivity contribution in [3.8, 4) is 0 Å². The Morgan fingerprint density at radius 2 is 2.16 bits per heavy atom. The molecular formula is C13H22N2O4. The Morgan fingerprint density at radius 1 is 1.37 bits per heavy atom. The number of carbonyl (C=O) groups excluding carboxylic acids is 1. The van der Waals surface area contributed by atoms with Gasteiger partial charge < -0.3 is 19.6 Å². The van der Waals surface area contributed by atoms with Crippen molar-refractivity contribution in [2.24, 2.45) is 5.92 Å². The summed E-state index contributed by atoms with van der Waals surface area (Å²) in [7, 11) is 1.74. The lowest BCUT2D eigenvalue weighted by molar-refractivity contribution is -0.141. The molecule has 0 aliphatic carbocycles. The van der Waals surface area contributed by atoms with E-state index in [1.54, 1.807) is 11.9 Å². The lowest BCUT2D eigenvalue weighted by Gasteiger charge is -2.31. The number of hydrogen-bond acceptors (Lipinski definition) is 3. The maximum absolute atomic E-state index is 12.3. The molecule has 0 aromatic rings. The second-order valence-corrected chi connectivity index (χ2v) is 5.44. The predicted octanol–water partition coefficient (Wildman–Crippen LogP) is 1.01. The average Bonchev–Trinajstić information content (AvgIpc) is 2.88. The maximum atomic E-state index is 12.3. The number of carbonyl (C=O) groups is 2. The molecule has 0 aromatic heterocycles. The molecule has 2 atom stereocenters. The average molecular weight is 270 g/mol. The maximum Gasteiger partial charge on any atom is 0.326 e. The van der Waals surface area contributed by atoms with Gasteiger partial charge in [0.25, 0.3) is 0 Å². The number of ether oxygens (including phenoxy) is 1. The minimum atomic E-state index is -0.903. The molecular weight excluding hydrogens is 248 g/mol. The Balaban J connectivity index is 1.89. The molecule has 2 aliphatic rings. The first-order valence-electron chi connectivity index (χ1n) is 6.92. The van der Waals surface area contributed by atoms with Gasteiger partial charge in [0.1, 0.15) is 6.04 Å². The van der Waals surface area contributed by atoms with Crippen LogP contribution in [0.1, 0.15) is 25.7 Å². The molecule has 0 aromatic carbocycles. The van der Waals surface area contributed by atoms with Crippen LogP contribution in [-0.2, 0) is 9.53 Å². The molecule has 6 nitrogen and oxygen atoms in total. The number of amides is 2. The number of nitrogens with zero attached hydrogens (tertiary/aromatic N) is 2. The summed E-state index contributed by atoms with van der Waals surface area (Å²) in [5.41, 5.74) is 0. The van der Waals surface area contributed by atoms with E-state index < -0.39 is 12.0 Å². The second kappa shape index (κ2) is 6.23. The van der Waals surface area contributed by atoms with Crippen LogP contribution in [0, 0.1) is 5.92 Å². The molecule has 1 N–H and O–H groups in total. The number of likely N-dealkylation sites (tertiary alicyclic amines) is 1. The van der Waals surface area contributed by atoms with Crippen LogP contribution in [0.15, 0.2) is 0 Å². The van der Waals surface area contributed by atoms with Gasteiger partial charge in [-0.3, -0.25) is 0 Å². The van der Waals surface area contributed by atoms with Gasteiger partial charge in [-0.25, -0.2) is 9.59 Å². The van der Waals surface area contributed by atoms with Gasteiger partial charge in [-0.15, -0.1) is 0 Å². The third-order valence-corrected chi connectivity index (χ3v) is 3.90. The van der Waals surface area contributed by atoms with E-state index in [0.717, 1.165) is 25.9 Å². The second-order valence-electron chi connectivity index (χ2n) is 5.44. The zero-order chi connectivity index (χ0) is 13.8. The van der Waals surface area contributed by atoms with Crippen molar-refractivity contribution in [3.05, 3.63) is 0 Å². The minimum absolute atomic E-state index is 0.171. The molecule has 108 valence electrons. The fourth-order valence-corrected chi connectivity index (χ4v) is 2.89. The Hall–Kier alpha value is -1.30. The highest BCUT2D eigenvalue weighted by atomic mass is 16.5. The van der Waals surface area contributed by atoms with E-state index in [9.17, 15) is 9.59 Å². The van der Waals surface area contributed by atoms with E-state index in [1.807, 2.05) is 0 Å². The third-order valence-electron chi connectivity index (χ3n) is 3.90. The van der Waals surface area contributed by atoms with E-state index in [4.69, 9.17) is 9.84 Å². The summed E-state index contributed by atoms with van der Waals surface area (Å²) in [6.45, 7) is 2.68. The summed E-state index contributed by atoms with van der Waals surface area (Å²) in [6.07, 6.45) is 3.43. The van der Waals surface area contributed by atoms with Gasteiger partial charge in [-0.1, -0.05) is 0 Å². The SMILES string of the molecule is CN(CC1CCCOC1)C(=O)N1CCCC1C(=O)O. The first kappa shape index (κ1) is 14.1. The molecule has 19 heavy (non-hydrogen) atoms. The van der Waals surface area contributed by atoms with Crippen LogP contribution < -0.4 is 0 Å². The molecule has 6 heteroatoms. The lowest BCUT2D eigenvalue weighted by Crippen LogP contribution is -2.48. The number of hydrogen-bond donors (Lipinski definition) is 1. The monoisotopic (exact) mass is 270 g/mol. The standard InChI is InChI=1S/C13H22N2O4/c1-14(8-10-4-3-7-19-9-10)13(18)15-6-2-5-11(15)12(16)17/h10-11H,2-9H2,1H3,(H,16,17). The van der Waals surface area contributed by atoms with Crippen LogP contribution in [0.3, 0.4) is 0 Å². The number of rotatable bonds is 3. The van der Waals surface area contributed by atoms with E-state index in [1.165, 1.54) is 4.90 Å². The fraction of sp³-hybridized carbons (Fsp3) is 0.846. The molecule has 2 unspecified atom stereocenters. The largest absolute Gasteiger partial charge is 0.480 e. The molecule has 0 saturated carbocycles. The van der Waals surface area contributed by atoms with Crippen LogP contribution in [0.25, 0.3) is 0 Å². The highest BCUT2D eigenvalue weighted by Crippen LogP contribution is 2.20. The molecule has 2 saturated heterocycles. The topological polar surface area (TPSA) is 70.1 Å². The van der Waals surface area contributed by atoms with Crippen LogP contribution in [0.5, 0.6) is 0 Å². The number of urea groups is 1. The van der Waals surface area contributed by atoms with Crippen LogP contribution in [0.4, 0.5) is 4.79 Å². The van der Waals surface area contributed by atoms with Gasteiger partial charge >= 0.3 is 12.0 Å². The Labute approximate surface area is 113 Å². The molecule has 0 spiro atoms. The van der Waals surface area contributed by atoms with Gasteiger partial charge in [0.05, 0.1) is 6.61 Å². The Kier molecular flexibility index (Phi) is 4.63. The molecule has 2 rings (SSSR count). The van der Waals surface area contributed by atoms with E-state index in [2.05, 4.69) is 0 Å². The van der Waals surface area contributed by atoms with Gasteiger partial charge in [0.15, 0.2) is 0 Å². The van der Waals surface area contributed by atoms with Crippen molar-refractivity contribution < 1.29 is 19.4 Å². The Bertz CT molecular complexity index is 342. The molecule has 0 bridgehead atoms. The molecule has 2 aliphatic heterocycles. The van der Waals surface area contributed by atoms with Gasteiger partial charge in [0, 0.05) is 32.7 Å². The van der Waals surface area contributed by atoms with E-state index >= 15 is 0 Å². The highest BCUT2D eigenvalue weighted by Gasteiger charge is 2.35. The molecule has 2 fully saturated rings. The van der Waals surface area contributed by atoms with Crippen molar-refractivity contribution in [2.45, 2.75) is 31.7 Å². The summed E-state index contributed by atoms with van der Waals surface area (Å²) in [6, 6.07) is -0.826. The predicted molar refractivity (Wildman–Crippen MR) is 68.9 cm³/mol. The van der Waals surface area contributed by atoms with Gasteiger partial charge in [-0.05, 0) is 25.7 Å². The first-order chi connectivity index (χ1) is 9.09. The minimum Gasteiger partial charge on any atom is -0.480 e. The molecule has 2 amide bonds. The lowest BCUT2D eigenvalue weighted by atomic mass is 10.0. The smallest absolute Gasteiger partial charge is 0.326 e. The van der Waals surface area contributed by atoms with Crippen LogP contribution >= 0.6 is 0 Å². The molecule has 2 heterocycles. The van der Waals surface area contributed by atoms with Crippen LogP contribution in [0.2, 0.25) is 0 Å². The summed E-state index contributed by atoms with van der Waals surface area (Å²) in [5.74, 6) is -0.533. The van der Waals surface area contributed by atoms with Crippen molar-refractivity contribution in [1.82, 2.24) is 9.80 Å². The summed E-state index contributed by atoms with van der Waals surface area (Å²) in [5, 5.41) is 9.10. The summed E-state index contributed by atoms with van der Waals surface area (Å²) < 4.78 is 5.40. The van der Waals surface area contributed by atoms with E-state index in [-0.39, 0.29) is 6.03 Å². The Morgan fingerprint density at radius 3 is 2.79 bits per heavy atom. The number of carboxylic acids is 1. The quantitative estimate of drug-likeness (QED) is 0.831. The van der Waals surface area contributed by atoms with Crippen molar-refractivity contribution in [1.29, 1.82) is 0 Å². The summed E-state index contributed by atoms with van der Waals surface area (Å²) >= 11 is 0. The van der Waals surface area contributed by atoms with Gasteiger partial charge in [0.2, 0.25) is 0 Å². The number of carboxylic acid groups (broad SMARTS) is 1. The van der Waals surface area contributed by atoms with Crippen molar-refractivity contribution >= 4 is 12.0 Å². The first-order valence-corrected chi connectivity index (χ1v) is 6.92. The van der Waals surface area contributed by atoms with E-state index in [0.29, 0.717) is 32.0 Å². The van der Waals surface area contributed by atoms with Crippen molar-refractivity contribution in [2.75, 3.05) is 33.4 Å². The number of aliphatic carboxylic acids is 1. The van der Waals surface area contributed by atoms with Gasteiger partial charge in [-0.2, -0.15) is 0 Å². The summed E-state index contributed by atoms with van der Waals surface area (Å²) in [4.78, 5) is 26.5. The van der Waals surface area contributed by atoms with Crippen molar-refractivity contribution in [3.63, 3.8) is 0 Å². The van der Waals surface area contributed by atoms with Crippen LogP contribution in [-0.4, -0.2) is 66.3 Å². The third kappa shape index (κ3) is 3.37. The molecule has 0 radical (unpaired) electrons.